The van der Waals surface area contributed by atoms with E-state index < -0.39 is 0 Å². The van der Waals surface area contributed by atoms with Crippen molar-refractivity contribution in [3.8, 4) is 11.1 Å². The highest BCUT2D eigenvalue weighted by Crippen LogP contribution is 2.44. The van der Waals surface area contributed by atoms with Gasteiger partial charge in [-0.25, -0.2) is 4.98 Å². The van der Waals surface area contributed by atoms with E-state index in [-0.39, 0.29) is 18.3 Å². The molecule has 0 aliphatic heterocycles. The molecule has 0 spiro atoms. The molecule has 4 aromatic carbocycles. The minimum atomic E-state index is -0.214. The Bertz CT molecular complexity index is 1390. The average molecular weight is 415 g/mol. The van der Waals surface area contributed by atoms with Gasteiger partial charge in [-0.15, -0.1) is 0 Å². The Kier molecular flexibility index (Phi) is 4.46. The van der Waals surface area contributed by atoms with Crippen molar-refractivity contribution >= 4 is 27.8 Å². The van der Waals surface area contributed by atoms with Gasteiger partial charge in [0.1, 0.15) is 6.61 Å². The Labute approximate surface area is 186 Å². The molecule has 0 fully saturated rings. The number of aromatic nitrogens is 1. The quantitative estimate of drug-likeness (QED) is 0.256. The monoisotopic (exact) mass is 415 g/mol. The number of rotatable bonds is 4. The molecule has 0 radical (unpaired) electrons. The normalized spacial score (nSPS) is 12.6. The lowest BCUT2D eigenvalue weighted by molar-refractivity contribution is -0.143. The summed E-state index contributed by atoms with van der Waals surface area (Å²) in [6, 6.07) is 32.7. The lowest BCUT2D eigenvalue weighted by Gasteiger charge is -2.15. The largest absolute Gasteiger partial charge is 0.464 e. The number of esters is 1. The van der Waals surface area contributed by atoms with Gasteiger partial charge >= 0.3 is 5.97 Å². The summed E-state index contributed by atoms with van der Waals surface area (Å²) in [7, 11) is 0. The van der Waals surface area contributed by atoms with Crippen LogP contribution in [-0.2, 0) is 16.0 Å². The van der Waals surface area contributed by atoms with Crippen molar-refractivity contribution in [1.82, 2.24) is 4.98 Å². The van der Waals surface area contributed by atoms with Crippen molar-refractivity contribution in [2.75, 3.05) is 6.61 Å². The van der Waals surface area contributed by atoms with Crippen molar-refractivity contribution in [2.45, 2.75) is 12.3 Å². The Hall–Kier alpha value is -3.98. The van der Waals surface area contributed by atoms with Gasteiger partial charge in [-0.1, -0.05) is 84.9 Å². The molecule has 32 heavy (non-hydrogen) atoms. The van der Waals surface area contributed by atoms with Gasteiger partial charge in [0.25, 0.3) is 0 Å². The first kappa shape index (κ1) is 18.8. The number of carbonyl (C=O) groups is 1. The van der Waals surface area contributed by atoms with E-state index in [1.54, 1.807) is 0 Å². The highest BCUT2D eigenvalue weighted by atomic mass is 16.5. The van der Waals surface area contributed by atoms with Crippen molar-refractivity contribution in [3.05, 3.63) is 114 Å². The fourth-order valence-corrected chi connectivity index (χ4v) is 4.93. The van der Waals surface area contributed by atoms with Gasteiger partial charge in [0.05, 0.1) is 17.5 Å². The lowest BCUT2D eigenvalue weighted by atomic mass is 9.98. The maximum absolute atomic E-state index is 13.0. The maximum atomic E-state index is 13.0. The number of benzene rings is 4. The Balaban J connectivity index is 1.30. The third-order valence-corrected chi connectivity index (χ3v) is 6.39. The number of carbonyl (C=O) groups excluding carboxylic acids is 1. The van der Waals surface area contributed by atoms with E-state index in [0.29, 0.717) is 6.61 Å². The number of para-hydroxylation sites is 2. The summed E-state index contributed by atoms with van der Waals surface area (Å²) in [6.45, 7) is 0.341. The lowest BCUT2D eigenvalue weighted by Crippen LogP contribution is -2.14. The molecule has 0 N–H and O–H groups in total. The highest BCUT2D eigenvalue weighted by molar-refractivity contribution is 5.99. The van der Waals surface area contributed by atoms with Crippen LogP contribution in [0.25, 0.3) is 32.9 Å². The molecule has 0 unspecified atom stereocenters. The number of hydrogen-bond donors (Lipinski definition) is 0. The zero-order valence-corrected chi connectivity index (χ0v) is 17.5. The van der Waals surface area contributed by atoms with Crippen LogP contribution in [0.1, 0.15) is 22.6 Å². The van der Waals surface area contributed by atoms with Crippen molar-refractivity contribution in [3.63, 3.8) is 0 Å². The highest BCUT2D eigenvalue weighted by Gasteiger charge is 2.29. The summed E-state index contributed by atoms with van der Waals surface area (Å²) in [5.41, 5.74) is 7.68. The first-order valence-electron chi connectivity index (χ1n) is 10.9. The number of fused-ring (bicyclic) bond motifs is 5. The van der Waals surface area contributed by atoms with Gasteiger partial charge in [0.15, 0.2) is 0 Å². The zero-order chi connectivity index (χ0) is 21.5. The number of hydrogen-bond acceptors (Lipinski definition) is 3. The fraction of sp³-hybridized carbons (Fsp3) is 0.103. The maximum Gasteiger partial charge on any atom is 0.310 e. The van der Waals surface area contributed by atoms with Gasteiger partial charge in [0.2, 0.25) is 0 Å². The summed E-state index contributed by atoms with van der Waals surface area (Å²) in [5, 5.41) is 2.00. The molecule has 154 valence electrons. The zero-order valence-electron chi connectivity index (χ0n) is 17.5. The van der Waals surface area contributed by atoms with E-state index in [1.807, 2.05) is 48.5 Å². The van der Waals surface area contributed by atoms with E-state index in [1.165, 1.54) is 22.3 Å². The van der Waals surface area contributed by atoms with E-state index in [9.17, 15) is 4.79 Å². The molecule has 5 aromatic rings. The van der Waals surface area contributed by atoms with Crippen LogP contribution in [0.3, 0.4) is 0 Å². The molecule has 1 aliphatic rings. The standard InChI is InChI=1S/C29H21NO2/c31-29(17-25-23-13-5-7-15-27(23)30-28-16-8-6-14-24(25)28)32-18-26-21-11-3-1-9-19(21)20-10-2-4-12-22(20)26/h1-16,26H,17-18H2. The summed E-state index contributed by atoms with van der Waals surface area (Å²) in [5.74, 6) is -0.148. The fourth-order valence-electron chi connectivity index (χ4n) is 4.93. The molecule has 3 nitrogen and oxygen atoms in total. The van der Waals surface area contributed by atoms with Gasteiger partial charge in [-0.3, -0.25) is 4.79 Å². The Morgan fingerprint density at radius 3 is 1.78 bits per heavy atom. The van der Waals surface area contributed by atoms with Gasteiger partial charge in [-0.05, 0) is 39.9 Å². The summed E-state index contributed by atoms with van der Waals surface area (Å²) >= 11 is 0. The van der Waals surface area contributed by atoms with Crippen molar-refractivity contribution in [1.29, 1.82) is 0 Å². The SMILES string of the molecule is O=C(Cc1c2ccccc2nc2ccccc12)OCC1c2ccccc2-c2ccccc21. The second kappa shape index (κ2) is 7.61. The number of ether oxygens (including phenoxy) is 1. The topological polar surface area (TPSA) is 39.2 Å². The molecule has 1 aromatic heterocycles. The van der Waals surface area contributed by atoms with Crippen LogP contribution < -0.4 is 0 Å². The Morgan fingerprint density at radius 2 is 1.19 bits per heavy atom. The average Bonchev–Trinajstić information content (AvgIpc) is 3.16. The molecule has 6 rings (SSSR count). The second-order valence-corrected chi connectivity index (χ2v) is 8.21. The number of nitrogens with zero attached hydrogens (tertiary/aromatic N) is 1. The van der Waals surface area contributed by atoms with Gasteiger partial charge in [0, 0.05) is 16.7 Å². The van der Waals surface area contributed by atoms with Crippen LogP contribution in [-0.4, -0.2) is 17.6 Å². The third kappa shape index (κ3) is 3.05. The van der Waals surface area contributed by atoms with E-state index in [0.717, 1.165) is 27.4 Å². The van der Waals surface area contributed by atoms with E-state index in [2.05, 4.69) is 48.5 Å². The smallest absolute Gasteiger partial charge is 0.310 e. The molecule has 0 saturated heterocycles. The van der Waals surface area contributed by atoms with Crippen LogP contribution in [0.4, 0.5) is 0 Å². The van der Waals surface area contributed by atoms with Crippen molar-refractivity contribution < 1.29 is 9.53 Å². The first-order chi connectivity index (χ1) is 15.8. The number of pyridine rings is 1. The third-order valence-electron chi connectivity index (χ3n) is 6.39. The molecule has 1 aliphatic carbocycles. The van der Waals surface area contributed by atoms with Crippen molar-refractivity contribution in [2.24, 2.45) is 0 Å². The predicted octanol–water partition coefficient (Wildman–Crippen LogP) is 6.29. The van der Waals surface area contributed by atoms with Crippen LogP contribution in [0.2, 0.25) is 0 Å². The minimum Gasteiger partial charge on any atom is -0.464 e. The summed E-state index contributed by atoms with van der Waals surface area (Å²) < 4.78 is 5.88. The van der Waals surface area contributed by atoms with Crippen LogP contribution in [0, 0.1) is 0 Å². The molecular formula is C29H21NO2. The van der Waals surface area contributed by atoms with Gasteiger partial charge < -0.3 is 4.74 Å². The van der Waals surface area contributed by atoms with Crippen LogP contribution in [0.5, 0.6) is 0 Å². The van der Waals surface area contributed by atoms with E-state index >= 15 is 0 Å². The molecule has 0 bridgehead atoms. The second-order valence-electron chi connectivity index (χ2n) is 8.21. The summed E-state index contributed by atoms with van der Waals surface area (Å²) in [6.07, 6.45) is 0.222. The predicted molar refractivity (Wildman–Crippen MR) is 128 cm³/mol. The first-order valence-corrected chi connectivity index (χ1v) is 10.9. The molecule has 0 atom stereocenters. The van der Waals surface area contributed by atoms with Crippen LogP contribution >= 0.6 is 0 Å². The van der Waals surface area contributed by atoms with Crippen LogP contribution in [0.15, 0.2) is 97.1 Å². The Morgan fingerprint density at radius 1 is 0.688 bits per heavy atom. The van der Waals surface area contributed by atoms with Gasteiger partial charge in [-0.2, -0.15) is 0 Å². The molecule has 0 saturated carbocycles. The summed E-state index contributed by atoms with van der Waals surface area (Å²) in [4.78, 5) is 17.8. The molecule has 0 amide bonds. The molecule has 3 heteroatoms. The minimum absolute atomic E-state index is 0.0669. The molecular weight excluding hydrogens is 394 g/mol. The van der Waals surface area contributed by atoms with E-state index in [4.69, 9.17) is 9.72 Å². The molecule has 1 heterocycles.